The molecule has 0 fully saturated rings. The first-order valence-corrected chi connectivity index (χ1v) is 5.07. The van der Waals surface area contributed by atoms with E-state index >= 15 is 0 Å². The summed E-state index contributed by atoms with van der Waals surface area (Å²) in [5.74, 6) is -1.09. The molecule has 0 aliphatic heterocycles. The number of carboxylic acids is 1. The average molecular weight is 227 g/mol. The Kier molecular flexibility index (Phi) is 5.93. The Labute approximate surface area is 94.8 Å². The predicted octanol–water partition coefficient (Wildman–Crippen LogP) is 0.793. The van der Waals surface area contributed by atoms with Crippen LogP contribution in [0.1, 0.15) is 27.2 Å². The molecule has 0 aromatic carbocycles. The van der Waals surface area contributed by atoms with Crippen LogP contribution in [0.4, 0.5) is 4.79 Å². The summed E-state index contributed by atoms with van der Waals surface area (Å²) in [7, 11) is 0. The molecule has 0 saturated carbocycles. The van der Waals surface area contributed by atoms with Crippen LogP contribution >= 0.6 is 0 Å². The molecule has 0 spiro atoms. The molecule has 2 N–H and O–H groups in total. The van der Waals surface area contributed by atoms with Crippen LogP contribution in [0.25, 0.3) is 0 Å². The van der Waals surface area contributed by atoms with Crippen molar-refractivity contribution in [1.29, 1.82) is 5.26 Å². The number of hydrogen-bond acceptors (Lipinski definition) is 3. The first kappa shape index (κ1) is 14.2. The number of nitrogens with zero attached hydrogens (tertiary/aromatic N) is 2. The topological polar surface area (TPSA) is 93.4 Å². The lowest BCUT2D eigenvalue weighted by Crippen LogP contribution is -2.50. The Balaban J connectivity index is 4.59. The van der Waals surface area contributed by atoms with E-state index < -0.39 is 18.0 Å². The maximum Gasteiger partial charge on any atom is 0.326 e. The van der Waals surface area contributed by atoms with Gasteiger partial charge in [-0.1, -0.05) is 0 Å². The Morgan fingerprint density at radius 1 is 1.44 bits per heavy atom. The van der Waals surface area contributed by atoms with E-state index in [0.717, 1.165) is 4.90 Å². The fourth-order valence-corrected chi connectivity index (χ4v) is 1.10. The summed E-state index contributed by atoms with van der Waals surface area (Å²) >= 11 is 0. The molecule has 6 nitrogen and oxygen atoms in total. The summed E-state index contributed by atoms with van der Waals surface area (Å²) in [6.45, 7) is 5.10. The molecule has 6 heteroatoms. The highest BCUT2D eigenvalue weighted by molar-refractivity contribution is 5.82. The van der Waals surface area contributed by atoms with Crippen molar-refractivity contribution in [2.75, 3.05) is 6.54 Å². The number of nitriles is 1. The molecular weight excluding hydrogens is 210 g/mol. The van der Waals surface area contributed by atoms with Gasteiger partial charge in [0, 0.05) is 12.6 Å². The molecule has 0 aromatic rings. The number of carbonyl (C=O) groups excluding carboxylic acids is 1. The Morgan fingerprint density at radius 2 is 2.00 bits per heavy atom. The zero-order valence-corrected chi connectivity index (χ0v) is 9.73. The molecule has 0 aliphatic carbocycles. The van der Waals surface area contributed by atoms with E-state index in [2.05, 4.69) is 5.32 Å². The van der Waals surface area contributed by atoms with E-state index in [1.165, 1.54) is 6.92 Å². The van der Waals surface area contributed by atoms with Crippen LogP contribution in [0, 0.1) is 11.3 Å². The van der Waals surface area contributed by atoms with Gasteiger partial charge in [0.15, 0.2) is 0 Å². The van der Waals surface area contributed by atoms with Gasteiger partial charge in [-0.2, -0.15) is 5.26 Å². The van der Waals surface area contributed by atoms with Crippen LogP contribution in [0.2, 0.25) is 0 Å². The minimum absolute atomic E-state index is 0.0712. The number of aliphatic carboxylic acids is 1. The second-order valence-electron chi connectivity index (χ2n) is 3.72. The SMILES string of the molecule is CC(C)NC(=O)N(CCC#N)C(C)C(=O)O. The zero-order chi connectivity index (χ0) is 12.7. The molecule has 1 unspecified atom stereocenters. The number of rotatable bonds is 5. The fourth-order valence-electron chi connectivity index (χ4n) is 1.10. The molecule has 0 aromatic heterocycles. The minimum atomic E-state index is -1.09. The van der Waals surface area contributed by atoms with Crippen molar-refractivity contribution in [2.45, 2.75) is 39.3 Å². The van der Waals surface area contributed by atoms with Crippen molar-refractivity contribution in [2.24, 2.45) is 0 Å². The quantitative estimate of drug-likeness (QED) is 0.726. The van der Waals surface area contributed by atoms with E-state index in [0.29, 0.717) is 0 Å². The van der Waals surface area contributed by atoms with Gasteiger partial charge in [-0.25, -0.2) is 9.59 Å². The summed E-state index contributed by atoms with van der Waals surface area (Å²) in [6, 6.07) is 0.418. The number of carbonyl (C=O) groups is 2. The average Bonchev–Trinajstić information content (AvgIpc) is 2.16. The highest BCUT2D eigenvalue weighted by Crippen LogP contribution is 2.02. The third kappa shape index (κ3) is 4.64. The standard InChI is InChI=1S/C10H17N3O3/c1-7(2)12-10(16)13(6-4-5-11)8(3)9(14)15/h7-8H,4,6H2,1-3H3,(H,12,16)(H,14,15). The fraction of sp³-hybridized carbons (Fsp3) is 0.700. The molecule has 0 rings (SSSR count). The highest BCUT2D eigenvalue weighted by atomic mass is 16.4. The molecule has 0 radical (unpaired) electrons. The lowest BCUT2D eigenvalue weighted by molar-refractivity contribution is -0.141. The van der Waals surface area contributed by atoms with Crippen molar-refractivity contribution >= 4 is 12.0 Å². The molecular formula is C10H17N3O3. The summed E-state index contributed by atoms with van der Waals surface area (Å²) in [6.07, 6.45) is 0.114. The zero-order valence-electron chi connectivity index (χ0n) is 9.73. The minimum Gasteiger partial charge on any atom is -0.480 e. The number of hydrogen-bond donors (Lipinski definition) is 2. The van der Waals surface area contributed by atoms with Crippen LogP contribution < -0.4 is 5.32 Å². The Morgan fingerprint density at radius 3 is 2.38 bits per heavy atom. The molecule has 0 saturated heterocycles. The van der Waals surface area contributed by atoms with Gasteiger partial charge in [0.2, 0.25) is 0 Å². The van der Waals surface area contributed by atoms with Crippen molar-refractivity contribution in [3.8, 4) is 6.07 Å². The van der Waals surface area contributed by atoms with E-state index in [1.807, 2.05) is 6.07 Å². The number of nitrogens with one attached hydrogen (secondary N) is 1. The molecule has 16 heavy (non-hydrogen) atoms. The molecule has 0 bridgehead atoms. The first-order chi connectivity index (χ1) is 7.40. The van der Waals surface area contributed by atoms with Crippen LogP contribution in [0.15, 0.2) is 0 Å². The van der Waals surface area contributed by atoms with Gasteiger partial charge in [0.05, 0.1) is 12.5 Å². The summed E-state index contributed by atoms with van der Waals surface area (Å²) in [4.78, 5) is 23.6. The van der Waals surface area contributed by atoms with Gasteiger partial charge in [0.25, 0.3) is 0 Å². The molecule has 0 aliphatic rings. The first-order valence-electron chi connectivity index (χ1n) is 5.07. The van der Waals surface area contributed by atoms with E-state index in [4.69, 9.17) is 10.4 Å². The van der Waals surface area contributed by atoms with Gasteiger partial charge in [-0.3, -0.25) is 0 Å². The Hall–Kier alpha value is -1.77. The van der Waals surface area contributed by atoms with Crippen molar-refractivity contribution < 1.29 is 14.7 Å². The molecule has 2 amide bonds. The maximum atomic E-state index is 11.6. The van der Waals surface area contributed by atoms with Crippen LogP contribution in [0.5, 0.6) is 0 Å². The lowest BCUT2D eigenvalue weighted by atomic mass is 10.2. The van der Waals surface area contributed by atoms with Crippen LogP contribution in [-0.4, -0.2) is 40.6 Å². The third-order valence-corrected chi connectivity index (χ3v) is 1.96. The van der Waals surface area contributed by atoms with Gasteiger partial charge in [-0.05, 0) is 20.8 Å². The van der Waals surface area contributed by atoms with Crippen molar-refractivity contribution in [3.05, 3.63) is 0 Å². The molecule has 1 atom stereocenters. The van der Waals surface area contributed by atoms with Crippen LogP contribution in [-0.2, 0) is 4.79 Å². The van der Waals surface area contributed by atoms with Gasteiger partial charge >= 0.3 is 12.0 Å². The summed E-state index contributed by atoms with van der Waals surface area (Å²) in [5.41, 5.74) is 0. The van der Waals surface area contributed by atoms with Crippen LogP contribution in [0.3, 0.4) is 0 Å². The lowest BCUT2D eigenvalue weighted by Gasteiger charge is -2.26. The number of urea groups is 1. The van der Waals surface area contributed by atoms with Gasteiger partial charge in [-0.15, -0.1) is 0 Å². The van der Waals surface area contributed by atoms with Crippen molar-refractivity contribution in [1.82, 2.24) is 10.2 Å². The van der Waals surface area contributed by atoms with Gasteiger partial charge in [0.1, 0.15) is 6.04 Å². The second kappa shape index (κ2) is 6.67. The Bertz CT molecular complexity index is 296. The van der Waals surface area contributed by atoms with Gasteiger partial charge < -0.3 is 15.3 Å². The maximum absolute atomic E-state index is 11.6. The molecule has 0 heterocycles. The third-order valence-electron chi connectivity index (χ3n) is 1.96. The highest BCUT2D eigenvalue weighted by Gasteiger charge is 2.25. The van der Waals surface area contributed by atoms with E-state index in [1.54, 1.807) is 13.8 Å². The smallest absolute Gasteiger partial charge is 0.326 e. The monoisotopic (exact) mass is 227 g/mol. The number of carboxylic acid groups (broad SMARTS) is 1. The predicted molar refractivity (Wildman–Crippen MR) is 57.7 cm³/mol. The normalized spacial score (nSPS) is 11.7. The molecule has 90 valence electrons. The number of amides is 2. The summed E-state index contributed by atoms with van der Waals surface area (Å²) < 4.78 is 0. The second-order valence-corrected chi connectivity index (χ2v) is 3.72. The largest absolute Gasteiger partial charge is 0.480 e. The summed E-state index contributed by atoms with van der Waals surface area (Å²) in [5, 5.41) is 19.9. The van der Waals surface area contributed by atoms with E-state index in [-0.39, 0.29) is 19.0 Å². The van der Waals surface area contributed by atoms with Crippen molar-refractivity contribution in [3.63, 3.8) is 0 Å². The van der Waals surface area contributed by atoms with E-state index in [9.17, 15) is 9.59 Å².